The van der Waals surface area contributed by atoms with Gasteiger partial charge in [-0.15, -0.1) is 0 Å². The second-order valence-corrected chi connectivity index (χ2v) is 8.81. The summed E-state index contributed by atoms with van der Waals surface area (Å²) in [5, 5.41) is 20.2. The minimum atomic E-state index is 0.287. The molecule has 146 valence electrons. The zero-order valence-electron chi connectivity index (χ0n) is 16.0. The number of hydrogen-bond donors (Lipinski definition) is 0. The number of halogens is 2. The van der Waals surface area contributed by atoms with Gasteiger partial charge in [0.05, 0.1) is 16.6 Å². The van der Waals surface area contributed by atoms with Crippen molar-refractivity contribution in [1.29, 1.82) is 10.5 Å². The summed E-state index contributed by atoms with van der Waals surface area (Å²) in [7, 11) is 0. The van der Waals surface area contributed by atoms with Gasteiger partial charge in [-0.1, -0.05) is 62.2 Å². The number of aromatic nitrogens is 2. The standard InChI is InChI=1S/C25H12Br2N4/c26-17-7-3-5-15(11-17)22-19(13-28)20(14-29)24-25(31-10-2-1-9-21(31)30-24)23(22)16-6-4-8-18(27)12-16/h1-12H. The molecule has 0 N–H and O–H groups in total. The molecule has 0 saturated carbocycles. The molecule has 0 fully saturated rings. The van der Waals surface area contributed by atoms with Crippen molar-refractivity contribution in [3.8, 4) is 34.4 Å². The molecule has 2 aromatic heterocycles. The first-order valence-electron chi connectivity index (χ1n) is 9.41. The van der Waals surface area contributed by atoms with Gasteiger partial charge >= 0.3 is 0 Å². The SMILES string of the molecule is N#Cc1c(-c2cccc(Br)c2)c(-c2cccc(Br)c2)c2c(nc3ccccn32)c1C#N. The quantitative estimate of drug-likeness (QED) is 0.246. The summed E-state index contributed by atoms with van der Waals surface area (Å²) in [6, 6.07) is 26.0. The van der Waals surface area contributed by atoms with E-state index in [0.717, 1.165) is 42.4 Å². The van der Waals surface area contributed by atoms with E-state index in [9.17, 15) is 10.5 Å². The Morgan fingerprint density at radius 3 is 2.00 bits per heavy atom. The van der Waals surface area contributed by atoms with Crippen LogP contribution in [0.25, 0.3) is 38.9 Å². The molecule has 0 radical (unpaired) electrons. The van der Waals surface area contributed by atoms with Gasteiger partial charge in [0, 0.05) is 26.3 Å². The topological polar surface area (TPSA) is 64.9 Å². The molecule has 0 atom stereocenters. The molecular formula is C25H12Br2N4. The van der Waals surface area contributed by atoms with E-state index in [1.165, 1.54) is 0 Å². The van der Waals surface area contributed by atoms with Gasteiger partial charge in [0.2, 0.25) is 0 Å². The Hall–Kier alpha value is -3.45. The van der Waals surface area contributed by atoms with Crippen molar-refractivity contribution in [2.75, 3.05) is 0 Å². The summed E-state index contributed by atoms with van der Waals surface area (Å²) >= 11 is 7.12. The Balaban J connectivity index is 2.11. The van der Waals surface area contributed by atoms with Crippen molar-refractivity contribution < 1.29 is 0 Å². The van der Waals surface area contributed by atoms with Crippen molar-refractivity contribution in [3.05, 3.63) is 93.0 Å². The third kappa shape index (κ3) is 3.13. The van der Waals surface area contributed by atoms with Crippen LogP contribution in [0.4, 0.5) is 0 Å². The summed E-state index contributed by atoms with van der Waals surface area (Å²) in [4.78, 5) is 4.72. The van der Waals surface area contributed by atoms with Crippen LogP contribution in [0.5, 0.6) is 0 Å². The molecule has 5 rings (SSSR count). The second kappa shape index (κ2) is 7.67. The van der Waals surface area contributed by atoms with Crippen LogP contribution in [0.3, 0.4) is 0 Å². The molecule has 0 saturated heterocycles. The highest BCUT2D eigenvalue weighted by atomic mass is 79.9. The number of benzene rings is 3. The average molecular weight is 528 g/mol. The molecular weight excluding hydrogens is 516 g/mol. The zero-order valence-corrected chi connectivity index (χ0v) is 19.1. The molecule has 6 heteroatoms. The van der Waals surface area contributed by atoms with E-state index in [0.29, 0.717) is 11.1 Å². The highest BCUT2D eigenvalue weighted by Gasteiger charge is 2.25. The molecule has 5 aromatic rings. The molecule has 3 aromatic carbocycles. The van der Waals surface area contributed by atoms with Crippen LogP contribution >= 0.6 is 31.9 Å². The van der Waals surface area contributed by atoms with Crippen molar-refractivity contribution in [1.82, 2.24) is 9.38 Å². The fourth-order valence-electron chi connectivity index (χ4n) is 3.97. The summed E-state index contributed by atoms with van der Waals surface area (Å²) < 4.78 is 3.80. The van der Waals surface area contributed by atoms with Gasteiger partial charge < -0.3 is 0 Å². The summed E-state index contributed by atoms with van der Waals surface area (Å²) in [6.07, 6.45) is 1.93. The highest BCUT2D eigenvalue weighted by Crippen LogP contribution is 2.43. The van der Waals surface area contributed by atoms with E-state index in [2.05, 4.69) is 44.0 Å². The largest absolute Gasteiger partial charge is 0.299 e. The fourth-order valence-corrected chi connectivity index (χ4v) is 4.77. The predicted octanol–water partition coefficient (Wildman–Crippen LogP) is 7.09. The van der Waals surface area contributed by atoms with E-state index < -0.39 is 0 Å². The first kappa shape index (κ1) is 19.5. The Morgan fingerprint density at radius 2 is 1.39 bits per heavy atom. The maximum absolute atomic E-state index is 10.2. The summed E-state index contributed by atoms with van der Waals surface area (Å²) in [5.41, 5.74) is 6.03. The molecule has 31 heavy (non-hydrogen) atoms. The Kier molecular flexibility index (Phi) is 4.82. The van der Waals surface area contributed by atoms with Crippen LogP contribution in [-0.2, 0) is 0 Å². The predicted molar refractivity (Wildman–Crippen MR) is 128 cm³/mol. The van der Waals surface area contributed by atoms with Crippen molar-refractivity contribution >= 4 is 48.5 Å². The molecule has 0 spiro atoms. The van der Waals surface area contributed by atoms with Gasteiger partial charge in [-0.2, -0.15) is 10.5 Å². The van der Waals surface area contributed by atoms with E-state index in [4.69, 9.17) is 4.98 Å². The van der Waals surface area contributed by atoms with Crippen molar-refractivity contribution in [3.63, 3.8) is 0 Å². The van der Waals surface area contributed by atoms with Crippen LogP contribution in [0, 0.1) is 22.7 Å². The lowest BCUT2D eigenvalue weighted by Crippen LogP contribution is -1.98. The van der Waals surface area contributed by atoms with Crippen LogP contribution in [0.15, 0.2) is 81.9 Å². The fraction of sp³-hybridized carbons (Fsp3) is 0. The number of imidazole rings is 1. The van der Waals surface area contributed by atoms with Gasteiger partial charge in [-0.05, 0) is 47.5 Å². The van der Waals surface area contributed by atoms with Gasteiger partial charge in [-0.25, -0.2) is 4.98 Å². The van der Waals surface area contributed by atoms with Gasteiger partial charge in [0.15, 0.2) is 0 Å². The second-order valence-electron chi connectivity index (χ2n) is 6.98. The number of fused-ring (bicyclic) bond motifs is 3. The van der Waals surface area contributed by atoms with E-state index in [-0.39, 0.29) is 5.56 Å². The van der Waals surface area contributed by atoms with E-state index >= 15 is 0 Å². The molecule has 0 unspecified atom stereocenters. The first-order valence-corrected chi connectivity index (χ1v) is 11.0. The van der Waals surface area contributed by atoms with Crippen molar-refractivity contribution in [2.24, 2.45) is 0 Å². The summed E-state index contributed by atoms with van der Waals surface area (Å²) in [6.45, 7) is 0. The third-order valence-corrected chi connectivity index (χ3v) is 6.19. The molecule has 4 nitrogen and oxygen atoms in total. The lowest BCUT2D eigenvalue weighted by Gasteiger charge is -2.16. The van der Waals surface area contributed by atoms with Crippen LogP contribution in [-0.4, -0.2) is 9.38 Å². The normalized spacial score (nSPS) is 10.8. The number of nitrogens with zero attached hydrogens (tertiary/aromatic N) is 4. The third-order valence-electron chi connectivity index (χ3n) is 5.20. The lowest BCUT2D eigenvalue weighted by atomic mass is 9.87. The molecule has 0 aliphatic heterocycles. The maximum Gasteiger partial charge on any atom is 0.137 e. The molecule has 0 aliphatic rings. The van der Waals surface area contributed by atoms with Crippen LogP contribution in [0.2, 0.25) is 0 Å². The number of hydrogen-bond acceptors (Lipinski definition) is 3. The van der Waals surface area contributed by atoms with Gasteiger partial charge in [0.25, 0.3) is 0 Å². The Morgan fingerprint density at radius 1 is 0.742 bits per heavy atom. The van der Waals surface area contributed by atoms with Crippen molar-refractivity contribution in [2.45, 2.75) is 0 Å². The van der Waals surface area contributed by atoms with E-state index in [1.807, 2.05) is 77.3 Å². The monoisotopic (exact) mass is 526 g/mol. The number of nitriles is 2. The number of pyridine rings is 1. The first-order chi connectivity index (χ1) is 15.1. The average Bonchev–Trinajstić information content (AvgIpc) is 3.16. The number of rotatable bonds is 2. The Bertz CT molecular complexity index is 1590. The van der Waals surface area contributed by atoms with E-state index in [1.54, 1.807) is 0 Å². The highest BCUT2D eigenvalue weighted by molar-refractivity contribution is 9.10. The molecule has 0 aliphatic carbocycles. The van der Waals surface area contributed by atoms with Crippen LogP contribution in [0.1, 0.15) is 11.1 Å². The van der Waals surface area contributed by atoms with Crippen LogP contribution < -0.4 is 0 Å². The minimum absolute atomic E-state index is 0.287. The van der Waals surface area contributed by atoms with Gasteiger partial charge in [-0.3, -0.25) is 4.40 Å². The Labute approximate surface area is 195 Å². The molecule has 0 bridgehead atoms. The summed E-state index contributed by atoms with van der Waals surface area (Å²) in [5.74, 6) is 0. The minimum Gasteiger partial charge on any atom is -0.299 e. The lowest BCUT2D eigenvalue weighted by molar-refractivity contribution is 1.23. The van der Waals surface area contributed by atoms with Gasteiger partial charge in [0.1, 0.15) is 23.3 Å². The molecule has 2 heterocycles. The smallest absolute Gasteiger partial charge is 0.137 e. The zero-order chi connectivity index (χ0) is 21.5. The molecule has 0 amide bonds. The maximum atomic E-state index is 10.2.